The van der Waals surface area contributed by atoms with E-state index in [1.54, 1.807) is 11.0 Å². The number of H-pyrrole nitrogens is 1. The second-order valence-corrected chi connectivity index (χ2v) is 7.69. The van der Waals surface area contributed by atoms with Crippen LogP contribution in [-0.4, -0.2) is 41.3 Å². The number of nitrogens with one attached hydrogen (secondary N) is 2. The maximum absolute atomic E-state index is 13.1. The van der Waals surface area contributed by atoms with Crippen LogP contribution in [0.25, 0.3) is 10.9 Å². The van der Waals surface area contributed by atoms with Gasteiger partial charge in [0, 0.05) is 29.6 Å². The largest absolute Gasteiger partial charge is 0.350 e. The van der Waals surface area contributed by atoms with Crippen LogP contribution >= 0.6 is 0 Å². The molecule has 146 valence electrons. The van der Waals surface area contributed by atoms with Crippen molar-refractivity contribution < 1.29 is 18.4 Å². The molecule has 1 aliphatic carbocycles. The number of nitriles is 1. The normalized spacial score (nSPS) is 17.7. The van der Waals surface area contributed by atoms with Gasteiger partial charge in [-0.25, -0.2) is 8.78 Å². The van der Waals surface area contributed by atoms with Crippen LogP contribution in [-0.2, 0) is 4.79 Å². The summed E-state index contributed by atoms with van der Waals surface area (Å²) in [6, 6.07) is 5.70. The van der Waals surface area contributed by atoms with Gasteiger partial charge in [-0.1, -0.05) is 0 Å². The molecule has 1 aromatic carbocycles. The number of benzene rings is 1. The number of fused-ring (bicyclic) bond motifs is 1. The number of aromatic nitrogens is 1. The number of hydrogen-bond acceptors (Lipinski definition) is 3. The Labute approximate surface area is 160 Å². The van der Waals surface area contributed by atoms with Crippen LogP contribution in [0, 0.1) is 16.7 Å². The van der Waals surface area contributed by atoms with Gasteiger partial charge in [0.15, 0.2) is 0 Å². The number of rotatable bonds is 4. The Balaban J connectivity index is 1.41. The monoisotopic (exact) mass is 386 g/mol. The van der Waals surface area contributed by atoms with E-state index in [1.165, 1.54) is 31.0 Å². The molecule has 0 unspecified atom stereocenters. The molecule has 2 amide bonds. The molecule has 0 radical (unpaired) electrons. The van der Waals surface area contributed by atoms with Crippen LogP contribution < -0.4 is 5.32 Å². The molecule has 2 aliphatic rings. The van der Waals surface area contributed by atoms with Crippen LogP contribution in [0.15, 0.2) is 18.2 Å². The van der Waals surface area contributed by atoms with E-state index in [9.17, 15) is 18.4 Å². The summed E-state index contributed by atoms with van der Waals surface area (Å²) in [6.45, 7) is 1.36. The second-order valence-electron chi connectivity index (χ2n) is 7.69. The van der Waals surface area contributed by atoms with E-state index in [1.807, 2.05) is 0 Å². The first kappa shape index (κ1) is 18.4. The second kappa shape index (κ2) is 6.89. The molecule has 1 spiro atoms. The molecule has 1 aliphatic heterocycles. The third kappa shape index (κ3) is 3.44. The molecule has 28 heavy (non-hydrogen) atoms. The summed E-state index contributed by atoms with van der Waals surface area (Å²) in [5.74, 6) is -0.607. The molecule has 4 rings (SSSR count). The van der Waals surface area contributed by atoms with Crippen molar-refractivity contribution in [2.75, 3.05) is 19.6 Å². The average Bonchev–Trinajstić information content (AvgIpc) is 3.30. The van der Waals surface area contributed by atoms with E-state index in [2.05, 4.69) is 10.3 Å². The Kier molecular flexibility index (Phi) is 4.53. The highest BCUT2D eigenvalue weighted by Gasteiger charge is 2.45. The molecule has 2 aromatic rings. The van der Waals surface area contributed by atoms with Crippen LogP contribution in [0.5, 0.6) is 0 Å². The predicted molar refractivity (Wildman–Crippen MR) is 97.8 cm³/mol. The van der Waals surface area contributed by atoms with Gasteiger partial charge in [0.1, 0.15) is 5.69 Å². The van der Waals surface area contributed by atoms with Crippen molar-refractivity contribution in [3.8, 4) is 6.07 Å². The summed E-state index contributed by atoms with van der Waals surface area (Å²) in [5.41, 5.74) is 0.556. The number of alkyl halides is 2. The Morgan fingerprint density at radius 1 is 1.21 bits per heavy atom. The van der Waals surface area contributed by atoms with E-state index >= 15 is 0 Å². The lowest BCUT2D eigenvalue weighted by atomic mass is 9.94. The van der Waals surface area contributed by atoms with Crippen LogP contribution in [0.2, 0.25) is 0 Å². The smallest absolute Gasteiger partial charge is 0.268 e. The Hall–Kier alpha value is -2.95. The average molecular weight is 386 g/mol. The minimum absolute atomic E-state index is 0.104. The molecule has 1 saturated carbocycles. The van der Waals surface area contributed by atoms with Crippen molar-refractivity contribution in [3.05, 3.63) is 35.0 Å². The maximum atomic E-state index is 13.1. The van der Waals surface area contributed by atoms with Gasteiger partial charge < -0.3 is 15.2 Å². The van der Waals surface area contributed by atoms with Gasteiger partial charge in [0.2, 0.25) is 5.91 Å². The summed E-state index contributed by atoms with van der Waals surface area (Å²) in [6.07, 6.45) is 1.80. The van der Waals surface area contributed by atoms with Crippen molar-refractivity contribution in [1.82, 2.24) is 15.2 Å². The first-order valence-corrected chi connectivity index (χ1v) is 9.32. The van der Waals surface area contributed by atoms with Gasteiger partial charge in [-0.3, -0.25) is 9.59 Å². The molecule has 0 atom stereocenters. The number of hydrogen-bond donors (Lipinski definition) is 2. The van der Waals surface area contributed by atoms with E-state index < -0.39 is 12.3 Å². The predicted octanol–water partition coefficient (Wildman–Crippen LogP) is 3.11. The van der Waals surface area contributed by atoms with E-state index in [-0.39, 0.29) is 29.3 Å². The molecular formula is C20H20F2N4O2. The summed E-state index contributed by atoms with van der Waals surface area (Å²) in [7, 11) is 0. The topological polar surface area (TPSA) is 89.0 Å². The Bertz CT molecular complexity index is 978. The standard InChI is InChI=1S/C20H20F2N4O2/c21-18(22)14-7-12-8-16(25-15(12)9-13(14)10-23)19(28)24-11-17(27)26-5-3-20(1-2-20)4-6-26/h7-9,18,25H,1-6,11H2,(H,24,28). The zero-order valence-electron chi connectivity index (χ0n) is 15.2. The Morgan fingerprint density at radius 2 is 1.93 bits per heavy atom. The molecule has 6 nitrogen and oxygen atoms in total. The van der Waals surface area contributed by atoms with E-state index in [0.29, 0.717) is 16.3 Å². The lowest BCUT2D eigenvalue weighted by molar-refractivity contribution is -0.131. The van der Waals surface area contributed by atoms with Crippen LogP contribution in [0.4, 0.5) is 8.78 Å². The van der Waals surface area contributed by atoms with Gasteiger partial charge in [0.05, 0.1) is 18.2 Å². The number of aromatic amines is 1. The fraction of sp³-hybridized carbons (Fsp3) is 0.450. The molecular weight excluding hydrogens is 366 g/mol. The SMILES string of the molecule is N#Cc1cc2[nH]c(C(=O)NCC(=O)N3CCC4(CC3)CC4)cc2cc1C(F)F. The van der Waals surface area contributed by atoms with E-state index in [4.69, 9.17) is 5.26 Å². The van der Waals surface area contributed by atoms with Gasteiger partial charge in [-0.05, 0) is 49.3 Å². The fourth-order valence-electron chi connectivity index (χ4n) is 3.87. The van der Waals surface area contributed by atoms with E-state index in [0.717, 1.165) is 25.9 Å². The van der Waals surface area contributed by atoms with Crippen molar-refractivity contribution in [2.24, 2.45) is 5.41 Å². The lowest BCUT2D eigenvalue weighted by Crippen LogP contribution is -2.44. The zero-order chi connectivity index (χ0) is 19.9. The minimum Gasteiger partial charge on any atom is -0.350 e. The molecule has 2 N–H and O–H groups in total. The Morgan fingerprint density at radius 3 is 2.54 bits per heavy atom. The number of carbonyl (C=O) groups is 2. The highest BCUT2D eigenvalue weighted by molar-refractivity contribution is 5.99. The fourth-order valence-corrected chi connectivity index (χ4v) is 3.87. The lowest BCUT2D eigenvalue weighted by Gasteiger charge is -2.32. The van der Waals surface area contributed by atoms with Crippen molar-refractivity contribution >= 4 is 22.7 Å². The molecule has 2 fully saturated rings. The van der Waals surface area contributed by atoms with Crippen molar-refractivity contribution in [1.29, 1.82) is 5.26 Å². The first-order chi connectivity index (χ1) is 13.4. The van der Waals surface area contributed by atoms with Gasteiger partial charge in [-0.2, -0.15) is 5.26 Å². The van der Waals surface area contributed by atoms with Crippen LogP contribution in [0.1, 0.15) is 53.7 Å². The zero-order valence-corrected chi connectivity index (χ0v) is 15.2. The molecule has 0 bridgehead atoms. The minimum atomic E-state index is -2.77. The summed E-state index contributed by atoms with van der Waals surface area (Å²) in [5, 5.41) is 12.0. The summed E-state index contributed by atoms with van der Waals surface area (Å²) < 4.78 is 26.1. The number of piperidine rings is 1. The quantitative estimate of drug-likeness (QED) is 0.846. The molecule has 2 heterocycles. The third-order valence-electron chi connectivity index (χ3n) is 5.93. The van der Waals surface area contributed by atoms with Crippen LogP contribution in [0.3, 0.4) is 0 Å². The van der Waals surface area contributed by atoms with Gasteiger partial charge >= 0.3 is 0 Å². The maximum Gasteiger partial charge on any atom is 0.268 e. The highest BCUT2D eigenvalue weighted by Crippen LogP contribution is 2.53. The summed E-state index contributed by atoms with van der Waals surface area (Å²) in [4.78, 5) is 29.3. The highest BCUT2D eigenvalue weighted by atomic mass is 19.3. The number of carbonyl (C=O) groups excluding carboxylic acids is 2. The first-order valence-electron chi connectivity index (χ1n) is 9.32. The van der Waals surface area contributed by atoms with Gasteiger partial charge in [-0.15, -0.1) is 0 Å². The molecule has 1 saturated heterocycles. The number of nitrogens with zero attached hydrogens (tertiary/aromatic N) is 2. The summed E-state index contributed by atoms with van der Waals surface area (Å²) >= 11 is 0. The number of amides is 2. The van der Waals surface area contributed by atoms with Crippen molar-refractivity contribution in [3.63, 3.8) is 0 Å². The number of halogens is 2. The number of likely N-dealkylation sites (tertiary alicyclic amines) is 1. The third-order valence-corrected chi connectivity index (χ3v) is 5.93. The molecule has 1 aromatic heterocycles. The van der Waals surface area contributed by atoms with Gasteiger partial charge in [0.25, 0.3) is 12.3 Å². The van der Waals surface area contributed by atoms with Crippen molar-refractivity contribution in [2.45, 2.75) is 32.1 Å². The molecule has 8 heteroatoms.